The normalized spacial score (nSPS) is 25.2. The fourth-order valence-corrected chi connectivity index (χ4v) is 3.09. The minimum atomic E-state index is -0.332. The number of carbonyl (C=O) groups excluding carboxylic acids is 2. The number of urea groups is 1. The summed E-state index contributed by atoms with van der Waals surface area (Å²) in [7, 11) is 0. The molecule has 0 spiro atoms. The van der Waals surface area contributed by atoms with E-state index in [-0.39, 0.29) is 18.0 Å². The second-order valence-electron chi connectivity index (χ2n) is 5.99. The van der Waals surface area contributed by atoms with Crippen molar-refractivity contribution in [3.8, 4) is 0 Å². The lowest BCUT2D eigenvalue weighted by atomic mass is 10.0. The van der Waals surface area contributed by atoms with E-state index in [2.05, 4.69) is 22.5 Å². The molecule has 5 nitrogen and oxygen atoms in total. The van der Waals surface area contributed by atoms with E-state index in [9.17, 15) is 9.59 Å². The molecule has 19 heavy (non-hydrogen) atoms. The van der Waals surface area contributed by atoms with Crippen LogP contribution in [0, 0.1) is 5.92 Å². The Kier molecular flexibility index (Phi) is 5.19. The van der Waals surface area contributed by atoms with Gasteiger partial charge in [-0.25, -0.2) is 4.79 Å². The Morgan fingerprint density at radius 2 is 1.89 bits per heavy atom. The maximum absolute atomic E-state index is 11.8. The van der Waals surface area contributed by atoms with E-state index in [0.717, 1.165) is 32.4 Å². The molecule has 2 aliphatic rings. The minimum Gasteiger partial charge on any atom is -0.335 e. The van der Waals surface area contributed by atoms with Crippen LogP contribution in [0.3, 0.4) is 0 Å². The quantitative estimate of drug-likeness (QED) is 0.814. The number of nitrogens with one attached hydrogen (secondary N) is 2. The first-order chi connectivity index (χ1) is 9.13. The van der Waals surface area contributed by atoms with Crippen LogP contribution in [0.1, 0.15) is 45.4 Å². The van der Waals surface area contributed by atoms with Gasteiger partial charge in [0.15, 0.2) is 0 Å². The SMILES string of the molecule is CC1CCCN(CC(=O)NC(=O)NC2CCCC2)C1. The number of amides is 3. The highest BCUT2D eigenvalue weighted by atomic mass is 16.2. The van der Waals surface area contributed by atoms with Gasteiger partial charge in [0, 0.05) is 12.6 Å². The third kappa shape index (κ3) is 4.82. The molecule has 1 saturated heterocycles. The highest BCUT2D eigenvalue weighted by Gasteiger charge is 2.21. The van der Waals surface area contributed by atoms with Crippen molar-refractivity contribution in [2.75, 3.05) is 19.6 Å². The van der Waals surface area contributed by atoms with E-state index in [1.54, 1.807) is 0 Å². The van der Waals surface area contributed by atoms with Crippen LogP contribution in [0.15, 0.2) is 0 Å². The first-order valence-electron chi connectivity index (χ1n) is 7.46. The zero-order valence-electron chi connectivity index (χ0n) is 11.8. The summed E-state index contributed by atoms with van der Waals surface area (Å²) in [6.07, 6.45) is 6.79. The number of carbonyl (C=O) groups is 2. The summed E-state index contributed by atoms with van der Waals surface area (Å²) < 4.78 is 0. The number of imide groups is 1. The number of rotatable bonds is 3. The molecule has 1 saturated carbocycles. The van der Waals surface area contributed by atoms with Crippen molar-refractivity contribution in [2.24, 2.45) is 5.92 Å². The van der Waals surface area contributed by atoms with E-state index in [0.29, 0.717) is 12.5 Å². The van der Waals surface area contributed by atoms with Crippen molar-refractivity contribution in [3.05, 3.63) is 0 Å². The van der Waals surface area contributed by atoms with E-state index >= 15 is 0 Å². The Morgan fingerprint density at radius 1 is 1.16 bits per heavy atom. The second-order valence-corrected chi connectivity index (χ2v) is 5.99. The smallest absolute Gasteiger partial charge is 0.321 e. The molecule has 108 valence electrons. The third-order valence-electron chi connectivity index (χ3n) is 4.05. The average molecular weight is 267 g/mol. The number of nitrogens with zero attached hydrogens (tertiary/aromatic N) is 1. The molecular formula is C14H25N3O2. The van der Waals surface area contributed by atoms with Crippen LogP contribution in [-0.2, 0) is 4.79 Å². The van der Waals surface area contributed by atoms with Gasteiger partial charge in [0.1, 0.15) is 0 Å². The Morgan fingerprint density at radius 3 is 2.58 bits per heavy atom. The van der Waals surface area contributed by atoms with Crippen molar-refractivity contribution in [1.29, 1.82) is 0 Å². The van der Waals surface area contributed by atoms with Crippen molar-refractivity contribution >= 4 is 11.9 Å². The molecule has 0 bridgehead atoms. The lowest BCUT2D eigenvalue weighted by Gasteiger charge is -2.30. The topological polar surface area (TPSA) is 61.4 Å². The van der Waals surface area contributed by atoms with Crippen LogP contribution < -0.4 is 10.6 Å². The van der Waals surface area contributed by atoms with Crippen LogP contribution in [-0.4, -0.2) is 42.5 Å². The molecule has 0 radical (unpaired) electrons. The van der Waals surface area contributed by atoms with E-state index in [1.165, 1.54) is 19.3 Å². The zero-order valence-corrected chi connectivity index (χ0v) is 11.8. The Labute approximate surface area is 115 Å². The van der Waals surface area contributed by atoms with Crippen LogP contribution in [0.5, 0.6) is 0 Å². The molecule has 1 aliphatic heterocycles. The molecule has 2 fully saturated rings. The maximum Gasteiger partial charge on any atom is 0.321 e. The van der Waals surface area contributed by atoms with Crippen LogP contribution in [0.4, 0.5) is 4.79 Å². The number of hydrogen-bond acceptors (Lipinski definition) is 3. The molecule has 1 unspecified atom stereocenters. The van der Waals surface area contributed by atoms with Gasteiger partial charge in [-0.05, 0) is 38.1 Å². The van der Waals surface area contributed by atoms with Gasteiger partial charge in [-0.3, -0.25) is 15.0 Å². The standard InChI is InChI=1S/C14H25N3O2/c1-11-5-4-8-17(9-11)10-13(18)16-14(19)15-12-6-2-3-7-12/h11-12H,2-10H2,1H3,(H2,15,16,18,19). The molecule has 0 aromatic carbocycles. The van der Waals surface area contributed by atoms with Gasteiger partial charge in [0.2, 0.25) is 5.91 Å². The lowest BCUT2D eigenvalue weighted by molar-refractivity contribution is -0.121. The minimum absolute atomic E-state index is 0.190. The van der Waals surface area contributed by atoms with Gasteiger partial charge < -0.3 is 5.32 Å². The van der Waals surface area contributed by atoms with Crippen molar-refractivity contribution < 1.29 is 9.59 Å². The van der Waals surface area contributed by atoms with E-state index < -0.39 is 0 Å². The summed E-state index contributed by atoms with van der Waals surface area (Å²) in [5.41, 5.74) is 0. The third-order valence-corrected chi connectivity index (χ3v) is 4.05. The van der Waals surface area contributed by atoms with Gasteiger partial charge in [-0.1, -0.05) is 19.8 Å². The molecule has 2 N–H and O–H groups in total. The Bertz CT molecular complexity index is 327. The van der Waals surface area contributed by atoms with Crippen LogP contribution in [0.2, 0.25) is 0 Å². The highest BCUT2D eigenvalue weighted by Crippen LogP contribution is 2.17. The fraction of sp³-hybridized carbons (Fsp3) is 0.857. The molecule has 3 amide bonds. The summed E-state index contributed by atoms with van der Waals surface area (Å²) in [6.45, 7) is 4.46. The first kappa shape index (κ1) is 14.3. The van der Waals surface area contributed by atoms with Crippen molar-refractivity contribution in [1.82, 2.24) is 15.5 Å². The summed E-state index contributed by atoms with van der Waals surface area (Å²) >= 11 is 0. The summed E-state index contributed by atoms with van der Waals surface area (Å²) in [5, 5.41) is 5.30. The number of hydrogen-bond donors (Lipinski definition) is 2. The van der Waals surface area contributed by atoms with Gasteiger partial charge in [0.25, 0.3) is 0 Å². The monoisotopic (exact) mass is 267 g/mol. The molecule has 2 rings (SSSR count). The largest absolute Gasteiger partial charge is 0.335 e. The number of piperidine rings is 1. The number of likely N-dealkylation sites (tertiary alicyclic amines) is 1. The highest BCUT2D eigenvalue weighted by molar-refractivity contribution is 5.95. The van der Waals surface area contributed by atoms with Gasteiger partial charge in [-0.2, -0.15) is 0 Å². The maximum atomic E-state index is 11.8. The molecule has 1 heterocycles. The zero-order chi connectivity index (χ0) is 13.7. The summed E-state index contributed by atoms with van der Waals surface area (Å²) in [5.74, 6) is 0.457. The Hall–Kier alpha value is -1.10. The average Bonchev–Trinajstić information content (AvgIpc) is 2.81. The predicted octanol–water partition coefficient (Wildman–Crippen LogP) is 1.49. The van der Waals surface area contributed by atoms with Gasteiger partial charge >= 0.3 is 6.03 Å². The fourth-order valence-electron chi connectivity index (χ4n) is 3.09. The first-order valence-corrected chi connectivity index (χ1v) is 7.46. The lowest BCUT2D eigenvalue weighted by Crippen LogP contribution is -2.48. The molecule has 0 aromatic heterocycles. The predicted molar refractivity (Wildman–Crippen MR) is 73.8 cm³/mol. The summed E-state index contributed by atoms with van der Waals surface area (Å²) in [4.78, 5) is 25.6. The molecule has 1 aliphatic carbocycles. The molecular weight excluding hydrogens is 242 g/mol. The van der Waals surface area contributed by atoms with Crippen LogP contribution in [0.25, 0.3) is 0 Å². The molecule has 1 atom stereocenters. The van der Waals surface area contributed by atoms with Gasteiger partial charge in [-0.15, -0.1) is 0 Å². The van der Waals surface area contributed by atoms with Gasteiger partial charge in [0.05, 0.1) is 6.54 Å². The van der Waals surface area contributed by atoms with Crippen LogP contribution >= 0.6 is 0 Å². The van der Waals surface area contributed by atoms with E-state index in [1.807, 2.05) is 0 Å². The van der Waals surface area contributed by atoms with Crippen molar-refractivity contribution in [3.63, 3.8) is 0 Å². The van der Waals surface area contributed by atoms with Crippen molar-refractivity contribution in [2.45, 2.75) is 51.5 Å². The Balaban J connectivity index is 1.66. The molecule has 5 heteroatoms. The summed E-state index contributed by atoms with van der Waals surface area (Å²) in [6, 6.07) is -0.0789. The second kappa shape index (κ2) is 6.89. The van der Waals surface area contributed by atoms with E-state index in [4.69, 9.17) is 0 Å². The molecule has 0 aromatic rings.